The number of rotatable bonds is 1. The minimum atomic E-state index is 0.203. The van der Waals surface area contributed by atoms with E-state index in [-0.39, 0.29) is 5.91 Å². The van der Waals surface area contributed by atoms with E-state index in [4.69, 9.17) is 0 Å². The average molecular weight is 216 g/mol. The Morgan fingerprint density at radius 2 is 1.75 bits per heavy atom. The first-order chi connectivity index (χ1) is 7.86. The van der Waals surface area contributed by atoms with Crippen LogP contribution in [0.3, 0.4) is 0 Å². The van der Waals surface area contributed by atoms with Gasteiger partial charge in [-0.05, 0) is 25.0 Å². The smallest absolute Gasteiger partial charge is 0.254 e. The van der Waals surface area contributed by atoms with Gasteiger partial charge < -0.3 is 10.2 Å². The zero-order valence-corrected chi connectivity index (χ0v) is 9.23. The fraction of sp³-hybridized carbons (Fsp3) is 0.462. The highest BCUT2D eigenvalue weighted by Crippen LogP contribution is 2.28. The maximum absolute atomic E-state index is 12.4. The lowest BCUT2D eigenvalue weighted by Gasteiger charge is -2.35. The molecule has 0 saturated carbocycles. The van der Waals surface area contributed by atoms with Crippen LogP contribution in [-0.4, -0.2) is 36.0 Å². The Morgan fingerprint density at radius 3 is 2.38 bits per heavy atom. The molecular weight excluding hydrogens is 200 g/mol. The number of piperazine rings is 1. The summed E-state index contributed by atoms with van der Waals surface area (Å²) in [4.78, 5) is 14.4. The molecule has 2 aliphatic heterocycles. The predicted octanol–water partition coefficient (Wildman–Crippen LogP) is 1.26. The van der Waals surface area contributed by atoms with Gasteiger partial charge in [-0.25, -0.2) is 0 Å². The molecule has 2 saturated heterocycles. The molecule has 2 aliphatic rings. The zero-order chi connectivity index (χ0) is 11.0. The Morgan fingerprint density at radius 1 is 1.12 bits per heavy atom. The topological polar surface area (TPSA) is 32.3 Å². The van der Waals surface area contributed by atoms with Crippen LogP contribution in [0.25, 0.3) is 0 Å². The number of fused-ring (bicyclic) bond motifs is 2. The van der Waals surface area contributed by atoms with Gasteiger partial charge in [0.25, 0.3) is 5.91 Å². The maximum Gasteiger partial charge on any atom is 0.254 e. The summed E-state index contributed by atoms with van der Waals surface area (Å²) < 4.78 is 0. The van der Waals surface area contributed by atoms with Crippen LogP contribution in [0.2, 0.25) is 0 Å². The number of hydrogen-bond acceptors (Lipinski definition) is 2. The van der Waals surface area contributed by atoms with E-state index in [0.717, 1.165) is 31.5 Å². The summed E-state index contributed by atoms with van der Waals surface area (Å²) in [6.45, 7) is 1.91. The fourth-order valence-corrected chi connectivity index (χ4v) is 2.84. The molecule has 2 fully saturated rings. The van der Waals surface area contributed by atoms with Crippen LogP contribution in [0.5, 0.6) is 0 Å². The van der Waals surface area contributed by atoms with Crippen molar-refractivity contribution in [3.05, 3.63) is 35.9 Å². The van der Waals surface area contributed by atoms with Crippen molar-refractivity contribution in [2.24, 2.45) is 0 Å². The third kappa shape index (κ3) is 1.52. The summed E-state index contributed by atoms with van der Waals surface area (Å²) in [5, 5.41) is 3.39. The first kappa shape index (κ1) is 9.85. The number of nitrogens with zero attached hydrogens (tertiary/aromatic N) is 1. The standard InChI is InChI=1S/C13H16N2O/c16-13(10-4-2-1-3-5-10)15-11-6-7-12(15)9-14-8-11/h1-5,11-12,14H,6-9H2. The second kappa shape index (κ2) is 3.91. The SMILES string of the molecule is O=C(c1ccccc1)N1C2CCC1CNC2. The van der Waals surface area contributed by atoms with Crippen LogP contribution in [0.15, 0.2) is 30.3 Å². The lowest BCUT2D eigenvalue weighted by atomic mass is 10.1. The lowest BCUT2D eigenvalue weighted by Crippen LogP contribution is -2.54. The van der Waals surface area contributed by atoms with Gasteiger partial charge in [-0.15, -0.1) is 0 Å². The van der Waals surface area contributed by atoms with Crippen LogP contribution in [0.1, 0.15) is 23.2 Å². The van der Waals surface area contributed by atoms with E-state index >= 15 is 0 Å². The van der Waals surface area contributed by atoms with Crippen molar-refractivity contribution in [1.29, 1.82) is 0 Å². The number of carbonyl (C=O) groups is 1. The van der Waals surface area contributed by atoms with Crippen molar-refractivity contribution in [2.45, 2.75) is 24.9 Å². The minimum absolute atomic E-state index is 0.203. The van der Waals surface area contributed by atoms with Gasteiger partial charge in [0.05, 0.1) is 0 Å². The highest BCUT2D eigenvalue weighted by Gasteiger charge is 2.39. The highest BCUT2D eigenvalue weighted by molar-refractivity contribution is 5.94. The number of carbonyl (C=O) groups excluding carboxylic acids is 1. The molecule has 1 amide bonds. The Bertz CT molecular complexity index is 374. The Kier molecular flexibility index (Phi) is 2.40. The van der Waals surface area contributed by atoms with Crippen LogP contribution in [-0.2, 0) is 0 Å². The molecule has 3 rings (SSSR count). The summed E-state index contributed by atoms with van der Waals surface area (Å²) in [5.74, 6) is 0.203. The van der Waals surface area contributed by atoms with E-state index in [1.54, 1.807) is 0 Å². The van der Waals surface area contributed by atoms with Crippen molar-refractivity contribution < 1.29 is 4.79 Å². The van der Waals surface area contributed by atoms with Crippen molar-refractivity contribution in [3.8, 4) is 0 Å². The predicted molar refractivity (Wildman–Crippen MR) is 62.3 cm³/mol. The van der Waals surface area contributed by atoms with Gasteiger partial charge in [0.15, 0.2) is 0 Å². The van der Waals surface area contributed by atoms with Gasteiger partial charge in [-0.2, -0.15) is 0 Å². The summed E-state index contributed by atoms with van der Waals surface area (Å²) in [5.41, 5.74) is 0.821. The molecule has 84 valence electrons. The van der Waals surface area contributed by atoms with Gasteiger partial charge in [-0.3, -0.25) is 4.79 Å². The van der Waals surface area contributed by atoms with Crippen molar-refractivity contribution in [2.75, 3.05) is 13.1 Å². The van der Waals surface area contributed by atoms with Crippen LogP contribution in [0.4, 0.5) is 0 Å². The van der Waals surface area contributed by atoms with Gasteiger partial charge in [0, 0.05) is 30.7 Å². The first-order valence-electron chi connectivity index (χ1n) is 5.94. The summed E-state index contributed by atoms with van der Waals surface area (Å²) in [6.07, 6.45) is 2.30. The lowest BCUT2D eigenvalue weighted by molar-refractivity contribution is 0.0619. The van der Waals surface area contributed by atoms with Gasteiger partial charge in [0.2, 0.25) is 0 Å². The van der Waals surface area contributed by atoms with Crippen LogP contribution < -0.4 is 5.32 Å². The molecule has 2 bridgehead atoms. The second-order valence-electron chi connectivity index (χ2n) is 4.62. The molecule has 1 N–H and O–H groups in total. The monoisotopic (exact) mass is 216 g/mol. The van der Waals surface area contributed by atoms with Gasteiger partial charge in [0.1, 0.15) is 0 Å². The molecule has 16 heavy (non-hydrogen) atoms. The van der Waals surface area contributed by atoms with E-state index in [1.807, 2.05) is 30.3 Å². The molecule has 3 heteroatoms. The van der Waals surface area contributed by atoms with Crippen molar-refractivity contribution >= 4 is 5.91 Å². The summed E-state index contributed by atoms with van der Waals surface area (Å²) in [7, 11) is 0. The molecule has 0 aromatic heterocycles. The Labute approximate surface area is 95.4 Å². The Balaban J connectivity index is 1.86. The molecule has 1 aromatic carbocycles. The molecule has 0 spiro atoms. The summed E-state index contributed by atoms with van der Waals surface area (Å²) >= 11 is 0. The summed E-state index contributed by atoms with van der Waals surface area (Å²) in [6, 6.07) is 10.4. The van der Waals surface area contributed by atoms with E-state index < -0.39 is 0 Å². The van der Waals surface area contributed by atoms with Gasteiger partial charge >= 0.3 is 0 Å². The Hall–Kier alpha value is -1.35. The fourth-order valence-electron chi connectivity index (χ4n) is 2.84. The average Bonchev–Trinajstić information content (AvgIpc) is 2.59. The van der Waals surface area contributed by atoms with E-state index in [9.17, 15) is 4.79 Å². The van der Waals surface area contributed by atoms with Crippen LogP contribution in [0, 0.1) is 0 Å². The zero-order valence-electron chi connectivity index (χ0n) is 9.23. The molecular formula is C13H16N2O. The third-order valence-corrected chi connectivity index (χ3v) is 3.64. The number of amides is 1. The maximum atomic E-state index is 12.4. The number of benzene rings is 1. The molecule has 0 radical (unpaired) electrons. The van der Waals surface area contributed by atoms with Crippen LogP contribution >= 0.6 is 0 Å². The van der Waals surface area contributed by atoms with Crippen molar-refractivity contribution in [3.63, 3.8) is 0 Å². The van der Waals surface area contributed by atoms with E-state index in [1.165, 1.54) is 0 Å². The second-order valence-corrected chi connectivity index (χ2v) is 4.62. The third-order valence-electron chi connectivity index (χ3n) is 3.64. The number of nitrogens with one attached hydrogen (secondary N) is 1. The molecule has 2 unspecified atom stereocenters. The molecule has 0 aliphatic carbocycles. The van der Waals surface area contributed by atoms with Gasteiger partial charge in [-0.1, -0.05) is 18.2 Å². The molecule has 3 nitrogen and oxygen atoms in total. The van der Waals surface area contributed by atoms with E-state index in [0.29, 0.717) is 12.1 Å². The molecule has 2 heterocycles. The number of hydrogen-bond donors (Lipinski definition) is 1. The van der Waals surface area contributed by atoms with Crippen molar-refractivity contribution in [1.82, 2.24) is 10.2 Å². The van der Waals surface area contributed by atoms with E-state index in [2.05, 4.69) is 10.2 Å². The highest BCUT2D eigenvalue weighted by atomic mass is 16.2. The normalized spacial score (nSPS) is 28.1. The largest absolute Gasteiger partial charge is 0.330 e. The minimum Gasteiger partial charge on any atom is -0.330 e. The quantitative estimate of drug-likeness (QED) is 0.766. The molecule has 2 atom stereocenters. The molecule has 1 aromatic rings. The first-order valence-corrected chi connectivity index (χ1v) is 5.94.